The monoisotopic (exact) mass is 244 g/mol. The molecular weight excluding hydrogens is 228 g/mol. The van der Waals surface area contributed by atoms with Crippen LogP contribution >= 0.6 is 0 Å². The van der Waals surface area contributed by atoms with Crippen LogP contribution in [-0.4, -0.2) is 12.6 Å². The quantitative estimate of drug-likeness (QED) is 0.592. The molecule has 0 spiro atoms. The van der Waals surface area contributed by atoms with E-state index in [4.69, 9.17) is 9.47 Å². The summed E-state index contributed by atoms with van der Waals surface area (Å²) in [5.41, 5.74) is 4.27. The van der Waals surface area contributed by atoms with Gasteiger partial charge in [0.05, 0.1) is 24.9 Å². The summed E-state index contributed by atoms with van der Waals surface area (Å²) < 4.78 is 10.8. The Kier molecular flexibility index (Phi) is 2.92. The van der Waals surface area contributed by atoms with Crippen molar-refractivity contribution in [3.8, 4) is 0 Å². The predicted molar refractivity (Wildman–Crippen MR) is 67.4 cm³/mol. The first-order valence-corrected chi connectivity index (χ1v) is 6.39. The molecule has 0 N–H and O–H groups in total. The summed E-state index contributed by atoms with van der Waals surface area (Å²) in [6, 6.07) is 3.87. The van der Waals surface area contributed by atoms with Crippen LogP contribution in [0, 0.1) is 0 Å². The van der Waals surface area contributed by atoms with Crippen LogP contribution in [0.3, 0.4) is 0 Å². The Hall–Kier alpha value is -1.61. The summed E-state index contributed by atoms with van der Waals surface area (Å²) in [5.74, 6) is -0.242. The Morgan fingerprint density at radius 3 is 3.06 bits per heavy atom. The Labute approximate surface area is 106 Å². The van der Waals surface area contributed by atoms with Crippen LogP contribution in [0.4, 0.5) is 0 Å². The maximum Gasteiger partial charge on any atom is 0.338 e. The lowest BCUT2D eigenvalue weighted by Crippen LogP contribution is -2.07. The van der Waals surface area contributed by atoms with Gasteiger partial charge in [-0.2, -0.15) is 0 Å². The summed E-state index contributed by atoms with van der Waals surface area (Å²) >= 11 is 0. The van der Waals surface area contributed by atoms with Crippen molar-refractivity contribution in [1.82, 2.24) is 0 Å². The zero-order valence-electron chi connectivity index (χ0n) is 10.4. The molecule has 0 bridgehead atoms. The summed E-state index contributed by atoms with van der Waals surface area (Å²) in [5, 5.41) is 0. The molecule has 1 aliphatic heterocycles. The highest BCUT2D eigenvalue weighted by molar-refractivity contribution is 5.90. The molecule has 0 amide bonds. The highest BCUT2D eigenvalue weighted by Crippen LogP contribution is 2.38. The van der Waals surface area contributed by atoms with Gasteiger partial charge >= 0.3 is 5.97 Å². The summed E-state index contributed by atoms with van der Waals surface area (Å²) in [6.45, 7) is 2.83. The van der Waals surface area contributed by atoms with Gasteiger partial charge in [0.25, 0.3) is 0 Å². The van der Waals surface area contributed by atoms with Crippen molar-refractivity contribution >= 4 is 5.97 Å². The molecule has 0 radical (unpaired) electrons. The highest BCUT2D eigenvalue weighted by Gasteiger charge is 2.28. The van der Waals surface area contributed by atoms with Gasteiger partial charge in [-0.3, -0.25) is 0 Å². The first-order valence-electron chi connectivity index (χ1n) is 6.39. The second-order valence-electron chi connectivity index (χ2n) is 4.64. The van der Waals surface area contributed by atoms with E-state index in [1.807, 2.05) is 19.1 Å². The van der Waals surface area contributed by atoms with Crippen LogP contribution in [0.5, 0.6) is 0 Å². The minimum Gasteiger partial charge on any atom is -0.462 e. The number of esters is 1. The average Bonchev–Trinajstić information content (AvgIpc) is 2.65. The lowest BCUT2D eigenvalue weighted by Gasteiger charge is -2.12. The van der Waals surface area contributed by atoms with E-state index in [0.29, 0.717) is 18.8 Å². The fraction of sp³-hybridized carbons (Fsp3) is 0.400. The maximum atomic E-state index is 11.8. The van der Waals surface area contributed by atoms with E-state index >= 15 is 0 Å². The van der Waals surface area contributed by atoms with Crippen molar-refractivity contribution in [2.45, 2.75) is 32.5 Å². The smallest absolute Gasteiger partial charge is 0.338 e. The topological polar surface area (TPSA) is 35.5 Å². The van der Waals surface area contributed by atoms with E-state index in [1.165, 1.54) is 11.1 Å². The van der Waals surface area contributed by atoms with Gasteiger partial charge in [-0.05, 0) is 48.6 Å². The lowest BCUT2D eigenvalue weighted by molar-refractivity contribution is 0.0526. The summed E-state index contributed by atoms with van der Waals surface area (Å²) in [7, 11) is 0. The third kappa shape index (κ3) is 1.85. The van der Waals surface area contributed by atoms with Gasteiger partial charge in [0.15, 0.2) is 0 Å². The Bertz CT molecular complexity index is 517. The van der Waals surface area contributed by atoms with Gasteiger partial charge in [0, 0.05) is 0 Å². The molecule has 0 aromatic heterocycles. The van der Waals surface area contributed by atoms with Crippen molar-refractivity contribution < 1.29 is 14.3 Å². The molecule has 1 aromatic carbocycles. The number of hydrogen-bond donors (Lipinski definition) is 0. The van der Waals surface area contributed by atoms with Crippen LogP contribution in [0.25, 0.3) is 0 Å². The molecule has 1 aromatic rings. The van der Waals surface area contributed by atoms with E-state index in [-0.39, 0.29) is 12.1 Å². The zero-order chi connectivity index (χ0) is 12.5. The fourth-order valence-electron chi connectivity index (χ4n) is 2.70. The Morgan fingerprint density at radius 2 is 2.22 bits per heavy atom. The number of hydrogen-bond acceptors (Lipinski definition) is 3. The largest absolute Gasteiger partial charge is 0.462 e. The lowest BCUT2D eigenvalue weighted by atomic mass is 9.94. The van der Waals surface area contributed by atoms with E-state index in [9.17, 15) is 4.79 Å². The van der Waals surface area contributed by atoms with Gasteiger partial charge in [0.2, 0.25) is 0 Å². The van der Waals surface area contributed by atoms with E-state index in [1.54, 1.807) is 0 Å². The number of allylic oxidation sites excluding steroid dienone is 1. The molecule has 3 heteroatoms. The van der Waals surface area contributed by atoms with Gasteiger partial charge in [0.1, 0.15) is 0 Å². The van der Waals surface area contributed by atoms with Crippen LogP contribution < -0.4 is 0 Å². The number of rotatable bonds is 2. The van der Waals surface area contributed by atoms with E-state index in [2.05, 4.69) is 12.2 Å². The second-order valence-corrected chi connectivity index (χ2v) is 4.64. The van der Waals surface area contributed by atoms with Gasteiger partial charge in [-0.1, -0.05) is 12.2 Å². The van der Waals surface area contributed by atoms with E-state index < -0.39 is 0 Å². The van der Waals surface area contributed by atoms with Crippen molar-refractivity contribution in [1.29, 1.82) is 0 Å². The van der Waals surface area contributed by atoms with Crippen molar-refractivity contribution in [2.75, 3.05) is 6.61 Å². The van der Waals surface area contributed by atoms with Crippen LogP contribution in [0.1, 0.15) is 46.5 Å². The molecular formula is C15H16O3. The minimum atomic E-state index is -0.242. The standard InChI is InChI=1S/C15H16O3/c1-2-17-15(16)11-7-10-5-3-4-6-13-14(10)12(8-11)9-18-13/h3-4,7-8,13H,2,5-6,9H2,1H3. The molecule has 1 atom stereocenters. The molecule has 1 aliphatic carbocycles. The van der Waals surface area contributed by atoms with Crippen molar-refractivity contribution in [2.24, 2.45) is 0 Å². The normalized spacial score (nSPS) is 20.4. The maximum absolute atomic E-state index is 11.8. The molecule has 0 saturated heterocycles. The Morgan fingerprint density at radius 1 is 1.39 bits per heavy atom. The molecule has 3 nitrogen and oxygen atoms in total. The van der Waals surface area contributed by atoms with Crippen LogP contribution in [0.15, 0.2) is 24.3 Å². The third-order valence-corrected chi connectivity index (χ3v) is 3.48. The minimum absolute atomic E-state index is 0.171. The number of carbonyl (C=O) groups excluding carboxylic acids is 1. The van der Waals surface area contributed by atoms with Crippen LogP contribution in [0.2, 0.25) is 0 Å². The van der Waals surface area contributed by atoms with Gasteiger partial charge in [-0.15, -0.1) is 0 Å². The third-order valence-electron chi connectivity index (χ3n) is 3.48. The second kappa shape index (κ2) is 4.58. The van der Waals surface area contributed by atoms with Gasteiger partial charge < -0.3 is 9.47 Å². The molecule has 3 rings (SSSR count). The first-order chi connectivity index (χ1) is 8.79. The number of ether oxygens (including phenoxy) is 2. The molecule has 0 saturated carbocycles. The summed E-state index contributed by atoms with van der Waals surface area (Å²) in [6.07, 6.45) is 6.27. The van der Waals surface area contributed by atoms with Crippen molar-refractivity contribution in [3.63, 3.8) is 0 Å². The average molecular weight is 244 g/mol. The SMILES string of the molecule is CCOC(=O)c1cc2c3c(c1)COC3CC=CC2. The number of benzene rings is 1. The van der Waals surface area contributed by atoms with E-state index in [0.717, 1.165) is 18.4 Å². The molecule has 1 heterocycles. The van der Waals surface area contributed by atoms with Gasteiger partial charge in [-0.25, -0.2) is 4.79 Å². The predicted octanol–water partition coefficient (Wildman–Crippen LogP) is 2.94. The molecule has 1 unspecified atom stereocenters. The molecule has 2 aliphatic rings. The molecule has 94 valence electrons. The molecule has 18 heavy (non-hydrogen) atoms. The fourth-order valence-corrected chi connectivity index (χ4v) is 2.70. The number of carbonyl (C=O) groups is 1. The van der Waals surface area contributed by atoms with Crippen molar-refractivity contribution in [3.05, 3.63) is 46.5 Å². The Balaban J connectivity index is 2.04. The van der Waals surface area contributed by atoms with Crippen LogP contribution in [-0.2, 0) is 22.5 Å². The molecule has 0 fully saturated rings. The first kappa shape index (κ1) is 11.5. The summed E-state index contributed by atoms with van der Waals surface area (Å²) in [4.78, 5) is 11.8. The zero-order valence-corrected chi connectivity index (χ0v) is 10.4. The highest BCUT2D eigenvalue weighted by atomic mass is 16.5.